The van der Waals surface area contributed by atoms with Crippen LogP contribution in [-0.2, 0) is 20.4 Å². The van der Waals surface area contributed by atoms with Crippen LogP contribution in [0.5, 0.6) is 0 Å². The van der Waals surface area contributed by atoms with Crippen molar-refractivity contribution in [2.45, 2.75) is 25.0 Å². The Bertz CT molecular complexity index is 391. The van der Waals surface area contributed by atoms with Crippen LogP contribution in [0.3, 0.4) is 0 Å². The van der Waals surface area contributed by atoms with Crippen molar-refractivity contribution in [2.75, 3.05) is 0 Å². The second-order valence-corrected chi connectivity index (χ2v) is 5.87. The molecule has 85 valence electrons. The standard InChI is InChI=1S/C13H15.2ClH.Ti/c1-13(2,3)12-9-8-10-6-4-5-7-11(10)12;;;/h4-9H,1-3H3;2*1H;/q;;;+2/p-2. The predicted molar refractivity (Wildman–Crippen MR) is 56.6 cm³/mol. The number of rotatable bonds is 0. The van der Waals surface area contributed by atoms with Gasteiger partial charge in [-0.15, -0.1) is 0 Å². The Morgan fingerprint density at radius 3 is 2.19 bits per heavy atom. The average Bonchev–Trinajstić information content (AvgIpc) is 2.44. The number of allylic oxidation sites excluding steroid dienone is 2. The Morgan fingerprint density at radius 1 is 1.06 bits per heavy atom. The van der Waals surface area contributed by atoms with E-state index >= 15 is 0 Å². The summed E-state index contributed by atoms with van der Waals surface area (Å²) in [5.41, 5.74) is 4.70. The van der Waals surface area contributed by atoms with Crippen LogP contribution >= 0.6 is 0 Å². The van der Waals surface area contributed by atoms with E-state index in [0.717, 1.165) is 0 Å². The van der Waals surface area contributed by atoms with Gasteiger partial charge in [-0.1, -0.05) is 0 Å². The van der Waals surface area contributed by atoms with Crippen molar-refractivity contribution < 1.29 is 45.2 Å². The van der Waals surface area contributed by atoms with Crippen molar-refractivity contribution in [2.24, 2.45) is 5.41 Å². The fourth-order valence-electron chi connectivity index (χ4n) is 2.01. The number of hydrogen-bond donors (Lipinski definition) is 0. The minimum absolute atomic E-state index is 0. The molecule has 1 aliphatic rings. The molecule has 0 saturated heterocycles. The summed E-state index contributed by atoms with van der Waals surface area (Å²) in [5.74, 6) is 0. The van der Waals surface area contributed by atoms with E-state index in [9.17, 15) is 0 Å². The maximum Gasteiger partial charge on any atom is -1.00 e. The SMILES string of the molecule is CC(C)(C)C1=C[CH]([Ti+2])c2ccccc21.[Cl-].[Cl-]. The molecule has 1 aromatic carbocycles. The third-order valence-corrected chi connectivity index (χ3v) is 3.47. The van der Waals surface area contributed by atoms with Gasteiger partial charge >= 0.3 is 97.9 Å². The summed E-state index contributed by atoms with van der Waals surface area (Å²) >= 11 is 2.28. The number of fused-ring (bicyclic) bond motifs is 1. The fraction of sp³-hybridized carbons (Fsp3) is 0.385. The molecule has 0 aromatic heterocycles. The van der Waals surface area contributed by atoms with Gasteiger partial charge in [-0.25, -0.2) is 0 Å². The fourth-order valence-corrected chi connectivity index (χ4v) is 2.67. The van der Waals surface area contributed by atoms with Gasteiger partial charge < -0.3 is 24.8 Å². The molecule has 1 aliphatic carbocycles. The van der Waals surface area contributed by atoms with Crippen molar-refractivity contribution in [3.05, 3.63) is 41.5 Å². The summed E-state index contributed by atoms with van der Waals surface area (Å²) in [6.07, 6.45) is 2.41. The zero-order valence-electron chi connectivity index (χ0n) is 9.72. The van der Waals surface area contributed by atoms with Crippen molar-refractivity contribution in [1.29, 1.82) is 0 Å². The van der Waals surface area contributed by atoms with Crippen molar-refractivity contribution in [3.8, 4) is 0 Å². The summed E-state index contributed by atoms with van der Waals surface area (Å²) in [6, 6.07) is 8.76. The summed E-state index contributed by atoms with van der Waals surface area (Å²) in [4.78, 5) is 0. The van der Waals surface area contributed by atoms with Gasteiger partial charge in [0.05, 0.1) is 0 Å². The molecule has 0 nitrogen and oxygen atoms in total. The zero-order valence-corrected chi connectivity index (χ0v) is 12.8. The molecule has 0 heterocycles. The number of benzene rings is 1. The van der Waals surface area contributed by atoms with E-state index in [1.54, 1.807) is 0 Å². The Kier molecular flexibility index (Phi) is 5.82. The minimum atomic E-state index is 0. The molecule has 0 amide bonds. The van der Waals surface area contributed by atoms with Crippen LogP contribution < -0.4 is 24.8 Å². The molecular weight excluding hydrogens is 275 g/mol. The van der Waals surface area contributed by atoms with Gasteiger partial charge in [-0.05, 0) is 0 Å². The molecule has 3 heteroatoms. The van der Waals surface area contributed by atoms with Crippen LogP contribution in [0.25, 0.3) is 5.57 Å². The molecule has 0 aliphatic heterocycles. The summed E-state index contributed by atoms with van der Waals surface area (Å²) < 4.78 is 0.584. The van der Waals surface area contributed by atoms with E-state index in [2.05, 4.69) is 71.5 Å². The van der Waals surface area contributed by atoms with Gasteiger partial charge in [0.2, 0.25) is 0 Å². The summed E-state index contributed by atoms with van der Waals surface area (Å²) in [5, 5.41) is 0. The summed E-state index contributed by atoms with van der Waals surface area (Å²) in [6.45, 7) is 6.86. The first-order valence-corrected chi connectivity index (χ1v) is 5.93. The minimum Gasteiger partial charge on any atom is -1.00 e. The monoisotopic (exact) mass is 289 g/mol. The van der Waals surface area contributed by atoms with Crippen molar-refractivity contribution in [1.82, 2.24) is 0 Å². The Labute approximate surface area is 122 Å². The van der Waals surface area contributed by atoms with Crippen LogP contribution in [0, 0.1) is 5.41 Å². The molecule has 1 atom stereocenters. The molecule has 0 radical (unpaired) electrons. The maximum absolute atomic E-state index is 2.41. The molecule has 0 spiro atoms. The van der Waals surface area contributed by atoms with Crippen LogP contribution in [-0.4, -0.2) is 0 Å². The van der Waals surface area contributed by atoms with Gasteiger partial charge in [0.15, 0.2) is 0 Å². The zero-order chi connectivity index (χ0) is 10.3. The van der Waals surface area contributed by atoms with Crippen molar-refractivity contribution in [3.63, 3.8) is 0 Å². The van der Waals surface area contributed by atoms with Gasteiger partial charge in [0.1, 0.15) is 0 Å². The largest absolute Gasteiger partial charge is 1.00 e. The Balaban J connectivity index is 0.00000112. The van der Waals surface area contributed by atoms with Gasteiger partial charge in [0, 0.05) is 0 Å². The summed E-state index contributed by atoms with van der Waals surface area (Å²) in [7, 11) is 0. The smallest absolute Gasteiger partial charge is 1.00 e. The van der Waals surface area contributed by atoms with Crippen molar-refractivity contribution >= 4 is 5.57 Å². The molecule has 0 fully saturated rings. The molecule has 0 saturated carbocycles. The van der Waals surface area contributed by atoms with E-state index in [0.29, 0.717) is 4.22 Å². The van der Waals surface area contributed by atoms with Gasteiger partial charge in [-0.2, -0.15) is 0 Å². The molecule has 16 heavy (non-hydrogen) atoms. The van der Waals surface area contributed by atoms with Crippen LogP contribution in [0.1, 0.15) is 36.1 Å². The molecule has 2 rings (SSSR count). The quantitative estimate of drug-likeness (QED) is 0.473. The third kappa shape index (κ3) is 2.93. The topological polar surface area (TPSA) is 0 Å². The first-order valence-electron chi connectivity index (χ1n) is 5.03. The molecule has 0 bridgehead atoms. The van der Waals surface area contributed by atoms with E-state index in [1.165, 1.54) is 16.7 Å². The second kappa shape index (κ2) is 5.73. The van der Waals surface area contributed by atoms with Gasteiger partial charge in [-0.3, -0.25) is 0 Å². The Morgan fingerprint density at radius 2 is 1.62 bits per heavy atom. The van der Waals surface area contributed by atoms with Gasteiger partial charge in [0.25, 0.3) is 0 Å². The number of hydrogen-bond acceptors (Lipinski definition) is 0. The Hall–Kier alpha value is 0.254. The first kappa shape index (κ1) is 16.3. The van der Waals surface area contributed by atoms with E-state index < -0.39 is 0 Å². The third-order valence-electron chi connectivity index (χ3n) is 2.73. The number of halogens is 2. The maximum atomic E-state index is 2.41. The first-order chi connectivity index (χ1) is 6.50. The normalized spacial score (nSPS) is 18.1. The molecular formula is C13H15Cl2Ti. The van der Waals surface area contributed by atoms with E-state index in [-0.39, 0.29) is 30.2 Å². The second-order valence-electron chi connectivity index (χ2n) is 4.90. The molecule has 1 unspecified atom stereocenters. The van der Waals surface area contributed by atoms with Crippen LogP contribution in [0.4, 0.5) is 0 Å². The molecule has 0 N–H and O–H groups in total. The van der Waals surface area contributed by atoms with Crippen LogP contribution in [0.15, 0.2) is 30.3 Å². The molecule has 1 aromatic rings. The predicted octanol–water partition coefficient (Wildman–Crippen LogP) is -2.27. The van der Waals surface area contributed by atoms with Crippen LogP contribution in [0.2, 0.25) is 0 Å². The van der Waals surface area contributed by atoms with E-state index in [4.69, 9.17) is 0 Å². The van der Waals surface area contributed by atoms with E-state index in [1.807, 2.05) is 0 Å². The average molecular weight is 290 g/mol.